The molecule has 0 aliphatic rings. The average Bonchev–Trinajstić information content (AvgIpc) is 2.50. The van der Waals surface area contributed by atoms with Gasteiger partial charge in [-0.1, -0.05) is 35.3 Å². The van der Waals surface area contributed by atoms with Crippen molar-refractivity contribution < 1.29 is 4.79 Å². The van der Waals surface area contributed by atoms with E-state index in [0.29, 0.717) is 0 Å². The van der Waals surface area contributed by atoms with E-state index in [4.69, 9.17) is 23.2 Å². The van der Waals surface area contributed by atoms with Gasteiger partial charge in [-0.05, 0) is 43.2 Å². The van der Waals surface area contributed by atoms with Gasteiger partial charge in [-0.2, -0.15) is 0 Å². The first-order valence-corrected chi connectivity index (χ1v) is 8.01. The van der Waals surface area contributed by atoms with Gasteiger partial charge >= 0.3 is 0 Å². The first-order chi connectivity index (χ1) is 10.9. The molecule has 0 fully saturated rings. The number of aromatic nitrogens is 1. The zero-order valence-electron chi connectivity index (χ0n) is 13.3. The number of amides is 1. The maximum absolute atomic E-state index is 12.2. The third kappa shape index (κ3) is 4.85. The SMILES string of the molecule is C[C@@H](Cc1ccc(N(C)C)cc1)NC(=O)c1nc(Cl)ccc1Cl. The monoisotopic (exact) mass is 351 g/mol. The molecule has 1 N–H and O–H groups in total. The topological polar surface area (TPSA) is 45.2 Å². The number of rotatable bonds is 5. The van der Waals surface area contributed by atoms with Crippen LogP contribution in [-0.2, 0) is 6.42 Å². The van der Waals surface area contributed by atoms with Gasteiger partial charge in [-0.3, -0.25) is 4.79 Å². The Morgan fingerprint density at radius 1 is 1.17 bits per heavy atom. The molecule has 23 heavy (non-hydrogen) atoms. The van der Waals surface area contributed by atoms with Gasteiger partial charge in [0.15, 0.2) is 0 Å². The number of hydrogen-bond donors (Lipinski definition) is 1. The van der Waals surface area contributed by atoms with E-state index in [0.717, 1.165) is 17.7 Å². The summed E-state index contributed by atoms with van der Waals surface area (Å²) < 4.78 is 0. The van der Waals surface area contributed by atoms with Gasteiger partial charge in [0.2, 0.25) is 0 Å². The number of nitrogens with one attached hydrogen (secondary N) is 1. The molecule has 0 aliphatic heterocycles. The van der Waals surface area contributed by atoms with Gasteiger partial charge in [0.1, 0.15) is 10.8 Å². The minimum atomic E-state index is -0.324. The molecule has 6 heteroatoms. The molecule has 0 spiro atoms. The maximum Gasteiger partial charge on any atom is 0.271 e. The highest BCUT2D eigenvalue weighted by atomic mass is 35.5. The van der Waals surface area contributed by atoms with Gasteiger partial charge in [0.05, 0.1) is 5.02 Å². The average molecular weight is 352 g/mol. The number of halogens is 2. The Morgan fingerprint density at radius 2 is 1.83 bits per heavy atom. The lowest BCUT2D eigenvalue weighted by molar-refractivity contribution is 0.0935. The van der Waals surface area contributed by atoms with Gasteiger partial charge in [0.25, 0.3) is 5.91 Å². The molecule has 0 aliphatic carbocycles. The first-order valence-electron chi connectivity index (χ1n) is 7.26. The molecule has 0 unspecified atom stereocenters. The fraction of sp³-hybridized carbons (Fsp3) is 0.294. The molecule has 122 valence electrons. The second-order valence-electron chi connectivity index (χ2n) is 5.60. The van der Waals surface area contributed by atoms with Crippen molar-refractivity contribution in [2.45, 2.75) is 19.4 Å². The Labute approximate surface area is 146 Å². The zero-order chi connectivity index (χ0) is 17.0. The standard InChI is InChI=1S/C17H19Cl2N3O/c1-11(10-12-4-6-13(7-5-12)22(2)3)20-17(23)16-14(18)8-9-15(19)21-16/h4-9,11H,10H2,1-3H3,(H,20,23)/t11-/m0/s1. The van der Waals surface area contributed by atoms with E-state index in [9.17, 15) is 4.79 Å². The van der Waals surface area contributed by atoms with Crippen molar-refractivity contribution in [3.63, 3.8) is 0 Å². The lowest BCUT2D eigenvalue weighted by atomic mass is 10.1. The smallest absolute Gasteiger partial charge is 0.271 e. The summed E-state index contributed by atoms with van der Waals surface area (Å²) in [5.74, 6) is -0.324. The van der Waals surface area contributed by atoms with Crippen LogP contribution in [0.5, 0.6) is 0 Å². The third-order valence-electron chi connectivity index (χ3n) is 3.40. The normalized spacial score (nSPS) is 11.9. The van der Waals surface area contributed by atoms with E-state index in [2.05, 4.69) is 34.6 Å². The molecular weight excluding hydrogens is 333 g/mol. The number of carbonyl (C=O) groups is 1. The highest BCUT2D eigenvalue weighted by Gasteiger charge is 2.15. The van der Waals surface area contributed by atoms with Crippen molar-refractivity contribution in [1.82, 2.24) is 10.3 Å². The van der Waals surface area contributed by atoms with E-state index in [-0.39, 0.29) is 27.8 Å². The highest BCUT2D eigenvalue weighted by Crippen LogP contribution is 2.17. The molecular formula is C17H19Cl2N3O. The Morgan fingerprint density at radius 3 is 2.43 bits per heavy atom. The highest BCUT2D eigenvalue weighted by molar-refractivity contribution is 6.34. The predicted octanol–water partition coefficient (Wildman–Crippen LogP) is 3.82. The Bertz CT molecular complexity index is 687. The number of nitrogens with zero attached hydrogens (tertiary/aromatic N) is 2. The van der Waals surface area contributed by atoms with E-state index in [1.54, 1.807) is 12.1 Å². The fourth-order valence-electron chi connectivity index (χ4n) is 2.20. The second kappa shape index (κ2) is 7.66. The lowest BCUT2D eigenvalue weighted by Crippen LogP contribution is -2.34. The van der Waals surface area contributed by atoms with Gasteiger partial charge in [0, 0.05) is 25.8 Å². The van der Waals surface area contributed by atoms with Gasteiger partial charge in [-0.15, -0.1) is 0 Å². The van der Waals surface area contributed by atoms with Crippen molar-refractivity contribution in [3.8, 4) is 0 Å². The van der Waals surface area contributed by atoms with Crippen LogP contribution in [0.1, 0.15) is 23.0 Å². The van der Waals surface area contributed by atoms with Crippen LogP contribution in [0, 0.1) is 0 Å². The lowest BCUT2D eigenvalue weighted by Gasteiger charge is -2.16. The van der Waals surface area contributed by atoms with Crippen molar-refractivity contribution in [3.05, 3.63) is 57.8 Å². The summed E-state index contributed by atoms with van der Waals surface area (Å²) in [6.45, 7) is 1.94. The van der Waals surface area contributed by atoms with E-state index in [1.807, 2.05) is 25.9 Å². The molecule has 0 saturated heterocycles. The summed E-state index contributed by atoms with van der Waals surface area (Å²) in [6, 6.07) is 11.3. The van der Waals surface area contributed by atoms with Crippen LogP contribution in [0.4, 0.5) is 5.69 Å². The summed E-state index contributed by atoms with van der Waals surface area (Å²) in [5, 5.41) is 3.42. The van der Waals surface area contributed by atoms with Crippen LogP contribution in [0.3, 0.4) is 0 Å². The maximum atomic E-state index is 12.2. The molecule has 1 amide bonds. The second-order valence-corrected chi connectivity index (χ2v) is 6.40. The molecule has 1 aromatic heterocycles. The summed E-state index contributed by atoms with van der Waals surface area (Å²) in [4.78, 5) is 18.3. The fourth-order valence-corrected chi connectivity index (χ4v) is 2.54. The largest absolute Gasteiger partial charge is 0.378 e. The Kier molecular flexibility index (Phi) is 5.85. The number of carbonyl (C=O) groups excluding carboxylic acids is 1. The molecule has 0 radical (unpaired) electrons. The molecule has 1 atom stereocenters. The quantitative estimate of drug-likeness (QED) is 0.833. The summed E-state index contributed by atoms with van der Waals surface area (Å²) in [7, 11) is 4.00. The molecule has 2 aromatic rings. The molecule has 4 nitrogen and oxygen atoms in total. The van der Waals surface area contributed by atoms with Crippen LogP contribution < -0.4 is 10.2 Å². The van der Waals surface area contributed by atoms with Crippen LogP contribution in [0.2, 0.25) is 10.2 Å². The molecule has 1 aromatic carbocycles. The van der Waals surface area contributed by atoms with Crippen LogP contribution in [0.25, 0.3) is 0 Å². The molecule has 0 bridgehead atoms. The third-order valence-corrected chi connectivity index (χ3v) is 3.91. The molecule has 2 rings (SSSR count). The molecule has 0 saturated carbocycles. The minimum Gasteiger partial charge on any atom is -0.378 e. The Hall–Kier alpha value is -1.78. The summed E-state index contributed by atoms with van der Waals surface area (Å²) >= 11 is 11.8. The van der Waals surface area contributed by atoms with Crippen LogP contribution in [0.15, 0.2) is 36.4 Å². The van der Waals surface area contributed by atoms with E-state index in [1.165, 1.54) is 0 Å². The van der Waals surface area contributed by atoms with E-state index >= 15 is 0 Å². The van der Waals surface area contributed by atoms with Gasteiger partial charge < -0.3 is 10.2 Å². The van der Waals surface area contributed by atoms with Gasteiger partial charge in [-0.25, -0.2) is 4.98 Å². The number of anilines is 1. The first kappa shape index (κ1) is 17.6. The number of hydrogen-bond acceptors (Lipinski definition) is 3. The summed E-state index contributed by atoms with van der Waals surface area (Å²) in [5.41, 5.74) is 2.43. The predicted molar refractivity (Wildman–Crippen MR) is 95.7 cm³/mol. The van der Waals surface area contributed by atoms with Crippen molar-refractivity contribution in [2.75, 3.05) is 19.0 Å². The minimum absolute atomic E-state index is 0.0513. The van der Waals surface area contributed by atoms with Crippen molar-refractivity contribution in [2.24, 2.45) is 0 Å². The van der Waals surface area contributed by atoms with Crippen molar-refractivity contribution in [1.29, 1.82) is 0 Å². The number of pyridine rings is 1. The summed E-state index contributed by atoms with van der Waals surface area (Å²) in [6.07, 6.45) is 0.720. The molecule has 1 heterocycles. The number of benzene rings is 1. The van der Waals surface area contributed by atoms with Crippen LogP contribution >= 0.6 is 23.2 Å². The van der Waals surface area contributed by atoms with Crippen LogP contribution in [-0.4, -0.2) is 31.0 Å². The van der Waals surface area contributed by atoms with E-state index < -0.39 is 0 Å². The Balaban J connectivity index is 2.00. The van der Waals surface area contributed by atoms with Crippen molar-refractivity contribution >= 4 is 34.8 Å². The zero-order valence-corrected chi connectivity index (χ0v) is 14.8.